The van der Waals surface area contributed by atoms with Gasteiger partial charge in [0.25, 0.3) is 0 Å². The Bertz CT molecular complexity index is 1440. The van der Waals surface area contributed by atoms with Crippen molar-refractivity contribution in [3.05, 3.63) is 65.4 Å². The Morgan fingerprint density at radius 3 is 2.45 bits per heavy atom. The molecule has 0 aliphatic carbocycles. The third-order valence-corrected chi connectivity index (χ3v) is 7.94. The number of phenolic OH excluding ortho intramolecular Hbond substituents is 1. The first kappa shape index (κ1) is 29.3. The van der Waals surface area contributed by atoms with Gasteiger partial charge in [-0.05, 0) is 62.4 Å². The smallest absolute Gasteiger partial charge is 0.236 e. The zero-order valence-electron chi connectivity index (χ0n) is 23.7. The highest BCUT2D eigenvalue weighted by atomic mass is 35.5. The first-order valence-corrected chi connectivity index (χ1v) is 14.2. The van der Waals surface area contributed by atoms with Crippen molar-refractivity contribution in [3.8, 4) is 17.1 Å². The predicted octanol–water partition coefficient (Wildman–Crippen LogP) is 3.48. The summed E-state index contributed by atoms with van der Waals surface area (Å²) in [5.41, 5.74) is 4.06. The maximum Gasteiger partial charge on any atom is 0.236 e. The minimum absolute atomic E-state index is 0.0310. The molecule has 220 valence electrons. The molecule has 2 N–H and O–H groups in total. The van der Waals surface area contributed by atoms with Crippen molar-refractivity contribution < 1.29 is 19.5 Å². The number of piperazine rings is 1. The minimum atomic E-state index is -0.206. The van der Waals surface area contributed by atoms with Crippen LogP contribution in [-0.4, -0.2) is 95.3 Å². The topological polar surface area (TPSA) is 123 Å². The normalized spacial score (nSPS) is 17.8. The summed E-state index contributed by atoms with van der Waals surface area (Å²) < 4.78 is 0. The van der Waals surface area contributed by atoms with Gasteiger partial charge in [-0.1, -0.05) is 16.8 Å². The van der Waals surface area contributed by atoms with E-state index in [4.69, 9.17) is 16.4 Å². The van der Waals surface area contributed by atoms with Crippen LogP contribution in [0.15, 0.2) is 60.0 Å². The van der Waals surface area contributed by atoms with Crippen LogP contribution in [0.3, 0.4) is 0 Å². The average Bonchev–Trinajstić information content (AvgIpc) is 3.48. The molecule has 1 aromatic heterocycles. The second-order valence-electron chi connectivity index (χ2n) is 10.4. The Kier molecular flexibility index (Phi) is 9.19. The van der Waals surface area contributed by atoms with E-state index in [2.05, 4.69) is 37.5 Å². The van der Waals surface area contributed by atoms with Crippen molar-refractivity contribution in [1.29, 1.82) is 0 Å². The van der Waals surface area contributed by atoms with Gasteiger partial charge in [-0.25, -0.2) is 9.97 Å². The highest BCUT2D eigenvalue weighted by Crippen LogP contribution is 2.27. The number of carbonyl (C=O) groups is 2. The van der Waals surface area contributed by atoms with Gasteiger partial charge in [-0.3, -0.25) is 14.5 Å². The van der Waals surface area contributed by atoms with Crippen molar-refractivity contribution in [2.45, 2.75) is 13.3 Å². The number of oxime groups is 1. The number of hydrogen-bond acceptors (Lipinski definition) is 9. The average molecular weight is 592 g/mol. The summed E-state index contributed by atoms with van der Waals surface area (Å²) in [7, 11) is 1.50. The standard InChI is InChI=1S/C30H34ClN7O4/c1-20(35-42-2)23-16-32-29(33-17-23)21-3-6-25(7-4-21)37-11-13-38(14-12-37)28(40)19-36-10-9-22(18-36)30(41)34-24-5-8-27(39)26(31)15-24/h3-8,15-17,22,39H,9-14,18-19H2,1-2H3,(H,34,41)/b35-20-/t22-/m1/s1. The van der Waals surface area contributed by atoms with E-state index in [1.54, 1.807) is 18.5 Å². The molecule has 0 unspecified atom stereocenters. The van der Waals surface area contributed by atoms with Crippen LogP contribution < -0.4 is 10.2 Å². The summed E-state index contributed by atoms with van der Waals surface area (Å²) in [4.78, 5) is 45.7. The molecule has 2 fully saturated rings. The number of anilines is 2. The Morgan fingerprint density at radius 1 is 1.07 bits per heavy atom. The van der Waals surface area contributed by atoms with E-state index in [0.29, 0.717) is 56.4 Å². The summed E-state index contributed by atoms with van der Waals surface area (Å²) in [6.45, 7) is 6.15. The van der Waals surface area contributed by atoms with Crippen molar-refractivity contribution in [3.63, 3.8) is 0 Å². The minimum Gasteiger partial charge on any atom is -0.506 e. The molecule has 5 rings (SSSR count). The number of benzene rings is 2. The molecule has 3 heterocycles. The lowest BCUT2D eigenvalue weighted by atomic mass is 10.1. The van der Waals surface area contributed by atoms with Crippen molar-refractivity contribution in [2.24, 2.45) is 11.1 Å². The molecule has 0 bridgehead atoms. The summed E-state index contributed by atoms with van der Waals surface area (Å²) >= 11 is 5.94. The van der Waals surface area contributed by atoms with E-state index in [1.165, 1.54) is 19.2 Å². The molecule has 1 atom stereocenters. The lowest BCUT2D eigenvalue weighted by Crippen LogP contribution is -2.51. The molecule has 2 amide bonds. The SMILES string of the molecule is CO/N=C(/C)c1cnc(-c2ccc(N3CCN(C(=O)CN4CC[C@@H](C(=O)Nc5ccc(O)c(Cl)c5)C4)CC3)cc2)nc1. The molecule has 2 aromatic carbocycles. The summed E-state index contributed by atoms with van der Waals surface area (Å²) in [6, 6.07) is 12.7. The zero-order chi connectivity index (χ0) is 29.6. The number of nitrogens with zero attached hydrogens (tertiary/aromatic N) is 6. The van der Waals surface area contributed by atoms with Crippen LogP contribution in [0.4, 0.5) is 11.4 Å². The van der Waals surface area contributed by atoms with Crippen LogP contribution in [0.5, 0.6) is 5.75 Å². The predicted molar refractivity (Wildman–Crippen MR) is 162 cm³/mol. The number of nitrogens with one attached hydrogen (secondary N) is 1. The van der Waals surface area contributed by atoms with E-state index in [1.807, 2.05) is 28.9 Å². The number of carbonyl (C=O) groups excluding carboxylic acids is 2. The van der Waals surface area contributed by atoms with Gasteiger partial charge in [0.1, 0.15) is 12.9 Å². The maximum absolute atomic E-state index is 13.0. The molecule has 2 aliphatic heterocycles. The highest BCUT2D eigenvalue weighted by Gasteiger charge is 2.31. The lowest BCUT2D eigenvalue weighted by molar-refractivity contribution is -0.132. The number of halogens is 1. The Hall–Kier alpha value is -4.22. The number of rotatable bonds is 8. The molecule has 0 radical (unpaired) electrons. The zero-order valence-corrected chi connectivity index (χ0v) is 24.4. The van der Waals surface area contributed by atoms with Gasteiger partial charge < -0.3 is 25.1 Å². The number of likely N-dealkylation sites (tertiary alicyclic amines) is 1. The van der Waals surface area contributed by atoms with Crippen molar-refractivity contribution >= 4 is 40.5 Å². The van der Waals surface area contributed by atoms with E-state index < -0.39 is 0 Å². The van der Waals surface area contributed by atoms with Crippen LogP contribution >= 0.6 is 11.6 Å². The van der Waals surface area contributed by atoms with E-state index >= 15 is 0 Å². The van der Waals surface area contributed by atoms with Crippen LogP contribution in [0.1, 0.15) is 18.9 Å². The third kappa shape index (κ3) is 6.97. The van der Waals surface area contributed by atoms with Gasteiger partial charge in [0, 0.05) is 67.6 Å². The monoisotopic (exact) mass is 591 g/mol. The largest absolute Gasteiger partial charge is 0.506 e. The van der Waals surface area contributed by atoms with Crippen LogP contribution in [-0.2, 0) is 14.4 Å². The van der Waals surface area contributed by atoms with Gasteiger partial charge in [0.2, 0.25) is 11.8 Å². The number of hydrogen-bond donors (Lipinski definition) is 2. The van der Waals surface area contributed by atoms with Crippen molar-refractivity contribution in [2.75, 3.05) is 63.1 Å². The Labute approximate surface area is 249 Å². The maximum atomic E-state index is 13.0. The summed E-state index contributed by atoms with van der Waals surface area (Å²) in [5.74, 6) is 0.375. The fraction of sp³-hybridized carbons (Fsp3) is 0.367. The van der Waals surface area contributed by atoms with Gasteiger partial charge in [0.05, 0.1) is 23.2 Å². The molecule has 11 nitrogen and oxygen atoms in total. The first-order valence-electron chi connectivity index (χ1n) is 13.9. The second kappa shape index (κ2) is 13.2. The third-order valence-electron chi connectivity index (χ3n) is 7.64. The number of aromatic nitrogens is 2. The molecule has 12 heteroatoms. The highest BCUT2D eigenvalue weighted by molar-refractivity contribution is 6.32. The van der Waals surface area contributed by atoms with E-state index in [9.17, 15) is 14.7 Å². The fourth-order valence-electron chi connectivity index (χ4n) is 5.20. The van der Waals surface area contributed by atoms with Gasteiger partial charge in [0.15, 0.2) is 5.82 Å². The molecule has 42 heavy (non-hydrogen) atoms. The molecular weight excluding hydrogens is 558 g/mol. The number of amides is 2. The summed E-state index contributed by atoms with van der Waals surface area (Å²) in [5, 5.41) is 16.5. The van der Waals surface area contributed by atoms with Crippen molar-refractivity contribution in [1.82, 2.24) is 19.8 Å². The molecule has 3 aromatic rings. The van der Waals surface area contributed by atoms with Gasteiger partial charge in [-0.15, -0.1) is 0 Å². The molecule has 0 spiro atoms. The number of phenols is 1. The first-order chi connectivity index (χ1) is 20.3. The van der Waals surface area contributed by atoms with Gasteiger partial charge in [-0.2, -0.15) is 0 Å². The molecular formula is C30H34ClN7O4. The molecule has 2 saturated heterocycles. The van der Waals surface area contributed by atoms with E-state index in [-0.39, 0.29) is 28.5 Å². The van der Waals surface area contributed by atoms with E-state index in [0.717, 1.165) is 29.9 Å². The quantitative estimate of drug-likeness (QED) is 0.232. The van der Waals surface area contributed by atoms with Crippen LogP contribution in [0, 0.1) is 5.92 Å². The number of aromatic hydroxyl groups is 1. The second-order valence-corrected chi connectivity index (χ2v) is 10.9. The van der Waals surface area contributed by atoms with Crippen LogP contribution in [0.25, 0.3) is 11.4 Å². The van der Waals surface area contributed by atoms with Crippen LogP contribution in [0.2, 0.25) is 5.02 Å². The summed E-state index contributed by atoms with van der Waals surface area (Å²) in [6.07, 6.45) is 4.15. The Balaban J connectivity index is 1.07. The lowest BCUT2D eigenvalue weighted by Gasteiger charge is -2.36. The molecule has 0 saturated carbocycles. The fourth-order valence-corrected chi connectivity index (χ4v) is 5.38. The van der Waals surface area contributed by atoms with Gasteiger partial charge >= 0.3 is 0 Å². The Morgan fingerprint density at radius 2 is 1.79 bits per heavy atom. The molecule has 2 aliphatic rings.